The molecule has 0 radical (unpaired) electrons. The molecule has 1 saturated heterocycles. The van der Waals surface area contributed by atoms with Crippen LogP contribution in [0.5, 0.6) is 0 Å². The van der Waals surface area contributed by atoms with Gasteiger partial charge in [-0.15, -0.1) is 0 Å². The molecule has 1 aliphatic rings. The van der Waals surface area contributed by atoms with Gasteiger partial charge >= 0.3 is 0 Å². The van der Waals surface area contributed by atoms with Gasteiger partial charge in [0.05, 0.1) is 25.2 Å². The number of rotatable bonds is 9. The number of nitrogens with zero attached hydrogens (tertiary/aromatic N) is 2. The van der Waals surface area contributed by atoms with Crippen molar-refractivity contribution in [2.75, 3.05) is 56.5 Å². The van der Waals surface area contributed by atoms with E-state index in [0.29, 0.717) is 12.2 Å². The summed E-state index contributed by atoms with van der Waals surface area (Å²) in [4.78, 5) is 14.4. The van der Waals surface area contributed by atoms with Gasteiger partial charge in [-0.3, -0.25) is 14.0 Å². The fraction of sp³-hybridized carbons (Fsp3) is 0.632. The summed E-state index contributed by atoms with van der Waals surface area (Å²) in [6, 6.07) is 7.45. The zero-order chi connectivity index (χ0) is 19.9. The molecule has 1 N–H and O–H groups in total. The van der Waals surface area contributed by atoms with Crippen LogP contribution in [0.4, 0.5) is 5.69 Å². The van der Waals surface area contributed by atoms with Crippen LogP contribution in [0.15, 0.2) is 24.3 Å². The third-order valence-electron chi connectivity index (χ3n) is 4.62. The lowest BCUT2D eigenvalue weighted by Crippen LogP contribution is -2.42. The topological polar surface area (TPSA) is 79.0 Å². The number of anilines is 1. The number of carbonyl (C=O) groups excluding carboxylic acids is 1. The molecule has 1 aliphatic heterocycles. The van der Waals surface area contributed by atoms with Crippen LogP contribution in [-0.4, -0.2) is 71.4 Å². The second-order valence-corrected chi connectivity index (χ2v) is 9.01. The number of para-hydroxylation sites is 1. The molecule has 0 aliphatic carbocycles. The second kappa shape index (κ2) is 10.1. The zero-order valence-corrected chi connectivity index (χ0v) is 17.3. The fourth-order valence-corrected chi connectivity index (χ4v) is 4.08. The standard InChI is InChI=1S/C19H31N3O4S/c1-16(2)17-6-4-5-7-18(17)22(27(3,24)25)10-8-19(23)20-9-11-21-12-14-26-15-13-21/h4-7,16H,8-15H2,1-3H3,(H,20,23). The summed E-state index contributed by atoms with van der Waals surface area (Å²) in [6.07, 6.45) is 1.31. The lowest BCUT2D eigenvalue weighted by Gasteiger charge is -2.27. The summed E-state index contributed by atoms with van der Waals surface area (Å²) in [5.74, 6) is 0.0479. The fourth-order valence-electron chi connectivity index (χ4n) is 3.14. The number of nitrogens with one attached hydrogen (secondary N) is 1. The first-order valence-corrected chi connectivity index (χ1v) is 11.3. The van der Waals surface area contributed by atoms with Gasteiger partial charge in [-0.1, -0.05) is 32.0 Å². The third kappa shape index (κ3) is 6.79. The largest absolute Gasteiger partial charge is 0.379 e. The van der Waals surface area contributed by atoms with E-state index in [2.05, 4.69) is 10.2 Å². The number of sulfonamides is 1. The molecule has 0 bridgehead atoms. The Kier molecular flexibility index (Phi) is 8.07. The molecule has 1 amide bonds. The first-order valence-electron chi connectivity index (χ1n) is 9.42. The molecule has 0 atom stereocenters. The smallest absolute Gasteiger partial charge is 0.232 e. The minimum absolute atomic E-state index is 0.128. The SMILES string of the molecule is CC(C)c1ccccc1N(CCC(=O)NCCN1CCOCC1)S(C)(=O)=O. The van der Waals surface area contributed by atoms with E-state index in [1.54, 1.807) is 6.07 Å². The Bertz CT molecular complexity index is 715. The summed E-state index contributed by atoms with van der Waals surface area (Å²) >= 11 is 0. The van der Waals surface area contributed by atoms with E-state index in [1.165, 1.54) is 10.6 Å². The molecular formula is C19H31N3O4S. The van der Waals surface area contributed by atoms with Crippen LogP contribution in [0.2, 0.25) is 0 Å². The third-order valence-corrected chi connectivity index (χ3v) is 5.80. The molecular weight excluding hydrogens is 366 g/mol. The van der Waals surface area contributed by atoms with E-state index in [-0.39, 0.29) is 24.8 Å². The Morgan fingerprint density at radius 1 is 1.26 bits per heavy atom. The van der Waals surface area contributed by atoms with Crippen LogP contribution in [0.3, 0.4) is 0 Å². The van der Waals surface area contributed by atoms with Gasteiger partial charge in [0.15, 0.2) is 0 Å². The van der Waals surface area contributed by atoms with Crippen molar-refractivity contribution in [3.8, 4) is 0 Å². The Balaban J connectivity index is 1.92. The Hall–Kier alpha value is -1.64. The molecule has 0 unspecified atom stereocenters. The number of benzene rings is 1. The monoisotopic (exact) mass is 397 g/mol. The van der Waals surface area contributed by atoms with Crippen molar-refractivity contribution in [3.63, 3.8) is 0 Å². The lowest BCUT2D eigenvalue weighted by molar-refractivity contribution is -0.120. The Morgan fingerprint density at radius 2 is 1.93 bits per heavy atom. The van der Waals surface area contributed by atoms with Gasteiger partial charge in [0.1, 0.15) is 0 Å². The minimum Gasteiger partial charge on any atom is -0.379 e. The molecule has 27 heavy (non-hydrogen) atoms. The highest BCUT2D eigenvalue weighted by Crippen LogP contribution is 2.29. The molecule has 1 heterocycles. The number of hydrogen-bond acceptors (Lipinski definition) is 5. The highest BCUT2D eigenvalue weighted by Gasteiger charge is 2.22. The highest BCUT2D eigenvalue weighted by molar-refractivity contribution is 7.92. The molecule has 7 nitrogen and oxygen atoms in total. The second-order valence-electron chi connectivity index (χ2n) is 7.10. The molecule has 8 heteroatoms. The van der Waals surface area contributed by atoms with Crippen molar-refractivity contribution < 1.29 is 17.9 Å². The van der Waals surface area contributed by atoms with Crippen molar-refractivity contribution in [3.05, 3.63) is 29.8 Å². The maximum absolute atomic E-state index is 12.3. The maximum Gasteiger partial charge on any atom is 0.232 e. The van der Waals surface area contributed by atoms with Crippen molar-refractivity contribution in [1.29, 1.82) is 0 Å². The zero-order valence-electron chi connectivity index (χ0n) is 16.5. The van der Waals surface area contributed by atoms with E-state index >= 15 is 0 Å². The Labute approximate surface area is 162 Å². The van der Waals surface area contributed by atoms with E-state index in [1.807, 2.05) is 32.0 Å². The quantitative estimate of drug-likeness (QED) is 0.682. The van der Waals surface area contributed by atoms with E-state index in [9.17, 15) is 13.2 Å². The van der Waals surface area contributed by atoms with Crippen LogP contribution in [0.25, 0.3) is 0 Å². The molecule has 1 fully saturated rings. The number of ether oxygens (including phenoxy) is 1. The number of hydrogen-bond donors (Lipinski definition) is 1. The minimum atomic E-state index is -3.48. The number of amides is 1. The molecule has 2 rings (SSSR count). The van der Waals surface area contributed by atoms with Crippen LogP contribution in [0, 0.1) is 0 Å². The van der Waals surface area contributed by atoms with Gasteiger partial charge in [-0.05, 0) is 17.5 Å². The maximum atomic E-state index is 12.3. The van der Waals surface area contributed by atoms with Crippen LogP contribution < -0.4 is 9.62 Å². The molecule has 0 spiro atoms. The summed E-state index contributed by atoms with van der Waals surface area (Å²) in [5, 5.41) is 2.88. The van der Waals surface area contributed by atoms with E-state index < -0.39 is 10.0 Å². The van der Waals surface area contributed by atoms with Gasteiger partial charge in [0.25, 0.3) is 0 Å². The van der Waals surface area contributed by atoms with Crippen molar-refractivity contribution in [2.24, 2.45) is 0 Å². The van der Waals surface area contributed by atoms with Gasteiger partial charge in [0.2, 0.25) is 15.9 Å². The van der Waals surface area contributed by atoms with Gasteiger partial charge < -0.3 is 10.1 Å². The molecule has 152 valence electrons. The van der Waals surface area contributed by atoms with Gasteiger partial charge in [0, 0.05) is 39.1 Å². The number of morpholine rings is 1. The molecule has 0 saturated carbocycles. The number of carbonyl (C=O) groups is 1. The van der Waals surface area contributed by atoms with Crippen molar-refractivity contribution >= 4 is 21.6 Å². The lowest BCUT2D eigenvalue weighted by atomic mass is 10.0. The van der Waals surface area contributed by atoms with Crippen molar-refractivity contribution in [2.45, 2.75) is 26.2 Å². The predicted octanol–water partition coefficient (Wildman–Crippen LogP) is 1.41. The predicted molar refractivity (Wildman–Crippen MR) is 108 cm³/mol. The summed E-state index contributed by atoms with van der Waals surface area (Å²) < 4.78 is 31.3. The first kappa shape index (κ1) is 21.7. The summed E-state index contributed by atoms with van der Waals surface area (Å²) in [5.41, 5.74) is 1.60. The van der Waals surface area contributed by atoms with Crippen LogP contribution in [0.1, 0.15) is 31.7 Å². The van der Waals surface area contributed by atoms with Crippen LogP contribution in [-0.2, 0) is 19.6 Å². The first-order chi connectivity index (χ1) is 12.8. The van der Waals surface area contributed by atoms with Gasteiger partial charge in [-0.2, -0.15) is 0 Å². The summed E-state index contributed by atoms with van der Waals surface area (Å²) in [6.45, 7) is 8.73. The normalized spacial score (nSPS) is 15.7. The van der Waals surface area contributed by atoms with E-state index in [0.717, 1.165) is 38.4 Å². The Morgan fingerprint density at radius 3 is 2.56 bits per heavy atom. The van der Waals surface area contributed by atoms with Gasteiger partial charge in [-0.25, -0.2) is 8.42 Å². The van der Waals surface area contributed by atoms with Crippen LogP contribution >= 0.6 is 0 Å². The van der Waals surface area contributed by atoms with E-state index in [4.69, 9.17) is 4.74 Å². The average Bonchev–Trinajstić information content (AvgIpc) is 2.62. The molecule has 0 aromatic heterocycles. The summed E-state index contributed by atoms with van der Waals surface area (Å²) in [7, 11) is -3.48. The molecule has 1 aromatic rings. The molecule has 1 aromatic carbocycles. The average molecular weight is 398 g/mol. The van der Waals surface area contributed by atoms with Crippen molar-refractivity contribution in [1.82, 2.24) is 10.2 Å². The highest BCUT2D eigenvalue weighted by atomic mass is 32.2.